The molecule has 0 radical (unpaired) electrons. The average Bonchev–Trinajstić information content (AvgIpc) is 2.44. The third-order valence-corrected chi connectivity index (χ3v) is 4.29. The Balaban J connectivity index is 2.10. The second kappa shape index (κ2) is 7.09. The van der Waals surface area contributed by atoms with Crippen LogP contribution in [0.4, 0.5) is 9.57 Å². The molecule has 0 saturated carbocycles. The molecule has 2 rings (SSSR count). The van der Waals surface area contributed by atoms with Gasteiger partial charge >= 0.3 is 0 Å². The standard InChI is InChI=1S/C15H21FN2OS/c1-11-6-5-7-12(2)14(11)17-15(19)13-8-3-4-9-18(13)10-20-16/h5-7,13H,3-4,8-10H2,1-2H3,(H,17,19). The van der Waals surface area contributed by atoms with Crippen LogP contribution in [-0.2, 0) is 4.79 Å². The largest absolute Gasteiger partial charge is 0.324 e. The Morgan fingerprint density at radius 2 is 2.10 bits per heavy atom. The minimum atomic E-state index is -0.217. The van der Waals surface area contributed by atoms with Crippen LogP contribution in [-0.4, -0.2) is 29.3 Å². The summed E-state index contributed by atoms with van der Waals surface area (Å²) < 4.78 is 12.5. The van der Waals surface area contributed by atoms with Gasteiger partial charge < -0.3 is 5.32 Å². The van der Waals surface area contributed by atoms with Gasteiger partial charge in [0.15, 0.2) is 0 Å². The molecule has 0 aromatic heterocycles. The van der Waals surface area contributed by atoms with Crippen LogP contribution in [0, 0.1) is 13.8 Å². The molecule has 1 aliphatic rings. The van der Waals surface area contributed by atoms with Crippen LogP contribution in [0.5, 0.6) is 0 Å². The Kier molecular flexibility index (Phi) is 5.43. The summed E-state index contributed by atoms with van der Waals surface area (Å²) in [6, 6.07) is 5.73. The van der Waals surface area contributed by atoms with Gasteiger partial charge in [-0.3, -0.25) is 9.69 Å². The van der Waals surface area contributed by atoms with E-state index in [2.05, 4.69) is 5.32 Å². The average molecular weight is 296 g/mol. The lowest BCUT2D eigenvalue weighted by molar-refractivity contribution is -0.122. The predicted molar refractivity (Wildman–Crippen MR) is 82.5 cm³/mol. The van der Waals surface area contributed by atoms with Gasteiger partial charge in [-0.05, 0) is 44.4 Å². The molecule has 1 N–H and O–H groups in total. The van der Waals surface area contributed by atoms with Gasteiger partial charge in [0.2, 0.25) is 5.91 Å². The monoisotopic (exact) mass is 296 g/mol. The lowest BCUT2D eigenvalue weighted by atomic mass is 10.0. The minimum absolute atomic E-state index is 0.0175. The van der Waals surface area contributed by atoms with E-state index in [0.717, 1.165) is 42.6 Å². The Labute approximate surface area is 124 Å². The Morgan fingerprint density at radius 1 is 1.40 bits per heavy atom. The summed E-state index contributed by atoms with van der Waals surface area (Å²) in [5.41, 5.74) is 3.00. The molecular weight excluding hydrogens is 275 g/mol. The van der Waals surface area contributed by atoms with E-state index in [9.17, 15) is 8.68 Å². The van der Waals surface area contributed by atoms with Crippen molar-refractivity contribution in [2.75, 3.05) is 17.7 Å². The number of hydrogen-bond acceptors (Lipinski definition) is 3. The first-order chi connectivity index (χ1) is 9.63. The quantitative estimate of drug-likeness (QED) is 0.920. The van der Waals surface area contributed by atoms with Crippen molar-refractivity contribution < 1.29 is 8.68 Å². The summed E-state index contributed by atoms with van der Waals surface area (Å²) >= 11 is 0.288. The van der Waals surface area contributed by atoms with Gasteiger partial charge in [-0.1, -0.05) is 24.6 Å². The van der Waals surface area contributed by atoms with Crippen molar-refractivity contribution >= 4 is 23.7 Å². The van der Waals surface area contributed by atoms with E-state index in [-0.39, 0.29) is 30.0 Å². The number of halogens is 1. The highest BCUT2D eigenvalue weighted by atomic mass is 32.2. The maximum atomic E-state index is 12.5. The number of carbonyl (C=O) groups is 1. The fourth-order valence-corrected chi connectivity index (χ4v) is 3.16. The number of aryl methyl sites for hydroxylation is 2. The number of benzene rings is 1. The summed E-state index contributed by atoms with van der Waals surface area (Å²) in [6.45, 7) is 4.76. The molecule has 20 heavy (non-hydrogen) atoms. The van der Waals surface area contributed by atoms with Crippen molar-refractivity contribution in [3.05, 3.63) is 29.3 Å². The number of carbonyl (C=O) groups excluding carboxylic acids is 1. The molecule has 1 aromatic carbocycles. The highest BCUT2D eigenvalue weighted by Crippen LogP contribution is 2.24. The Bertz CT molecular complexity index is 459. The molecule has 1 saturated heterocycles. The first-order valence-electron chi connectivity index (χ1n) is 6.98. The van der Waals surface area contributed by atoms with E-state index in [1.165, 1.54) is 0 Å². The van der Waals surface area contributed by atoms with Gasteiger partial charge in [0.1, 0.15) is 0 Å². The summed E-state index contributed by atoms with van der Waals surface area (Å²) in [5, 5.41) is 3.02. The molecule has 1 amide bonds. The summed E-state index contributed by atoms with van der Waals surface area (Å²) in [7, 11) is 0. The fraction of sp³-hybridized carbons (Fsp3) is 0.533. The van der Waals surface area contributed by atoms with E-state index < -0.39 is 0 Å². The number of piperidine rings is 1. The van der Waals surface area contributed by atoms with Crippen LogP contribution in [0.25, 0.3) is 0 Å². The number of likely N-dealkylation sites (tertiary alicyclic amines) is 1. The Hall–Kier alpha value is -1.07. The van der Waals surface area contributed by atoms with Crippen molar-refractivity contribution in [3.63, 3.8) is 0 Å². The molecule has 1 atom stereocenters. The van der Waals surface area contributed by atoms with Gasteiger partial charge in [-0.25, -0.2) is 0 Å². The molecule has 1 aliphatic heterocycles. The highest BCUT2D eigenvalue weighted by Gasteiger charge is 2.29. The Morgan fingerprint density at radius 3 is 2.75 bits per heavy atom. The maximum Gasteiger partial charge on any atom is 0.241 e. The lowest BCUT2D eigenvalue weighted by Gasteiger charge is -2.33. The van der Waals surface area contributed by atoms with Gasteiger partial charge in [0, 0.05) is 5.69 Å². The third-order valence-electron chi connectivity index (χ3n) is 3.86. The number of nitrogens with zero attached hydrogens (tertiary/aromatic N) is 1. The van der Waals surface area contributed by atoms with Crippen LogP contribution in [0.15, 0.2) is 18.2 Å². The van der Waals surface area contributed by atoms with Crippen LogP contribution in [0.1, 0.15) is 30.4 Å². The zero-order chi connectivity index (χ0) is 14.5. The minimum Gasteiger partial charge on any atom is -0.324 e. The summed E-state index contributed by atoms with van der Waals surface area (Å²) in [5.74, 6) is 0.251. The van der Waals surface area contributed by atoms with E-state index in [4.69, 9.17) is 0 Å². The molecule has 0 bridgehead atoms. The lowest BCUT2D eigenvalue weighted by Crippen LogP contribution is -2.46. The topological polar surface area (TPSA) is 32.3 Å². The number of hydrogen-bond donors (Lipinski definition) is 1. The zero-order valence-corrected chi connectivity index (χ0v) is 12.8. The van der Waals surface area contributed by atoms with Crippen molar-refractivity contribution in [1.29, 1.82) is 0 Å². The van der Waals surface area contributed by atoms with Crippen LogP contribution in [0.2, 0.25) is 0 Å². The predicted octanol–water partition coefficient (Wildman–Crippen LogP) is 3.67. The molecule has 1 fully saturated rings. The highest BCUT2D eigenvalue weighted by molar-refractivity contribution is 7.94. The number of para-hydroxylation sites is 1. The van der Waals surface area contributed by atoms with E-state index in [1.807, 2.05) is 36.9 Å². The first kappa shape index (κ1) is 15.3. The summed E-state index contributed by atoms with van der Waals surface area (Å²) in [6.07, 6.45) is 2.86. The number of rotatable bonds is 4. The van der Waals surface area contributed by atoms with Crippen LogP contribution >= 0.6 is 12.1 Å². The van der Waals surface area contributed by atoms with Crippen molar-refractivity contribution in [1.82, 2.24) is 4.90 Å². The number of anilines is 1. The van der Waals surface area contributed by atoms with Gasteiger partial charge in [0.05, 0.1) is 24.1 Å². The van der Waals surface area contributed by atoms with Gasteiger partial charge in [-0.15, -0.1) is 0 Å². The third kappa shape index (κ3) is 3.52. The molecule has 0 spiro atoms. The second-order valence-electron chi connectivity index (χ2n) is 5.32. The smallest absolute Gasteiger partial charge is 0.241 e. The normalized spacial score (nSPS) is 19.9. The number of nitrogens with one attached hydrogen (secondary N) is 1. The van der Waals surface area contributed by atoms with Gasteiger partial charge in [0.25, 0.3) is 0 Å². The molecular formula is C15H21FN2OS. The summed E-state index contributed by atoms with van der Waals surface area (Å²) in [4.78, 5) is 14.4. The maximum absolute atomic E-state index is 12.5. The molecule has 1 heterocycles. The molecule has 3 nitrogen and oxygen atoms in total. The van der Waals surface area contributed by atoms with Crippen molar-refractivity contribution in [2.24, 2.45) is 0 Å². The molecule has 110 valence electrons. The number of amides is 1. The van der Waals surface area contributed by atoms with E-state index in [0.29, 0.717) is 0 Å². The van der Waals surface area contributed by atoms with Crippen molar-refractivity contribution in [2.45, 2.75) is 39.2 Å². The van der Waals surface area contributed by atoms with Crippen LogP contribution in [0.3, 0.4) is 0 Å². The molecule has 1 unspecified atom stereocenters. The second-order valence-corrected chi connectivity index (χ2v) is 5.79. The molecule has 5 heteroatoms. The van der Waals surface area contributed by atoms with E-state index >= 15 is 0 Å². The van der Waals surface area contributed by atoms with Gasteiger partial charge in [-0.2, -0.15) is 3.89 Å². The SMILES string of the molecule is Cc1cccc(C)c1NC(=O)C1CCCCN1CSF. The van der Waals surface area contributed by atoms with Crippen LogP contribution < -0.4 is 5.32 Å². The van der Waals surface area contributed by atoms with E-state index in [1.54, 1.807) is 0 Å². The van der Waals surface area contributed by atoms with Crippen molar-refractivity contribution in [3.8, 4) is 0 Å². The molecule has 1 aromatic rings. The first-order valence-corrected chi connectivity index (χ1v) is 7.86. The zero-order valence-electron chi connectivity index (χ0n) is 12.0. The molecule has 0 aliphatic carbocycles. The fourth-order valence-electron chi connectivity index (χ4n) is 2.72.